The summed E-state index contributed by atoms with van der Waals surface area (Å²) in [5, 5.41) is 8.42. The molecule has 0 spiro atoms. The maximum atomic E-state index is 11.7. The third kappa shape index (κ3) is 6.50. The van der Waals surface area contributed by atoms with Gasteiger partial charge in [0.1, 0.15) is 0 Å². The molecule has 0 saturated carbocycles. The fraction of sp³-hybridized carbons (Fsp3) is 0.750. The molecule has 0 atom stereocenters. The number of nitriles is 1. The summed E-state index contributed by atoms with van der Waals surface area (Å²) in [5.41, 5.74) is 0. The lowest BCUT2D eigenvalue weighted by atomic mass is 10.4. The van der Waals surface area contributed by atoms with Gasteiger partial charge in [-0.15, -0.1) is 11.8 Å². The van der Waals surface area contributed by atoms with Crippen molar-refractivity contribution < 1.29 is 9.59 Å². The molecule has 0 heterocycles. The number of rotatable bonds is 8. The van der Waals surface area contributed by atoms with Crippen molar-refractivity contribution in [3.05, 3.63) is 0 Å². The zero-order valence-corrected chi connectivity index (χ0v) is 12.1. The third-order valence-corrected chi connectivity index (χ3v) is 3.45. The molecule has 0 aromatic rings. The van der Waals surface area contributed by atoms with Gasteiger partial charge in [0, 0.05) is 26.7 Å². The number of hydrogen-bond donors (Lipinski definition) is 0. The molecule has 2 amide bonds. The van der Waals surface area contributed by atoms with Gasteiger partial charge in [-0.2, -0.15) is 5.26 Å². The van der Waals surface area contributed by atoms with Gasteiger partial charge in [-0.1, -0.05) is 0 Å². The predicted molar refractivity (Wildman–Crippen MR) is 73.1 cm³/mol. The van der Waals surface area contributed by atoms with Crippen LogP contribution in [0.15, 0.2) is 0 Å². The first-order valence-corrected chi connectivity index (χ1v) is 7.18. The molecule has 0 N–H and O–H groups in total. The SMILES string of the molecule is CCN(CC)C(=O)CSCC(=O)N(C)CCC#N. The van der Waals surface area contributed by atoms with Crippen molar-refractivity contribution in [3.8, 4) is 6.07 Å². The fourth-order valence-electron chi connectivity index (χ4n) is 1.35. The highest BCUT2D eigenvalue weighted by Gasteiger charge is 2.12. The topological polar surface area (TPSA) is 64.4 Å². The summed E-state index contributed by atoms with van der Waals surface area (Å²) in [6.07, 6.45) is 0.339. The Morgan fingerprint density at radius 2 is 1.72 bits per heavy atom. The number of carbonyl (C=O) groups is 2. The monoisotopic (exact) mass is 271 g/mol. The fourth-order valence-corrected chi connectivity index (χ4v) is 2.20. The Morgan fingerprint density at radius 1 is 1.17 bits per heavy atom. The van der Waals surface area contributed by atoms with Crippen LogP contribution in [0, 0.1) is 11.3 Å². The van der Waals surface area contributed by atoms with E-state index in [1.54, 1.807) is 11.9 Å². The maximum Gasteiger partial charge on any atom is 0.232 e. The smallest absolute Gasteiger partial charge is 0.232 e. The van der Waals surface area contributed by atoms with Gasteiger partial charge in [0.25, 0.3) is 0 Å². The molecule has 0 radical (unpaired) electrons. The quantitative estimate of drug-likeness (QED) is 0.659. The first-order chi connectivity index (χ1) is 8.56. The van der Waals surface area contributed by atoms with E-state index in [1.165, 1.54) is 16.7 Å². The van der Waals surface area contributed by atoms with Crippen LogP contribution in [-0.2, 0) is 9.59 Å². The first-order valence-electron chi connectivity index (χ1n) is 6.03. The van der Waals surface area contributed by atoms with Crippen LogP contribution in [0.25, 0.3) is 0 Å². The lowest BCUT2D eigenvalue weighted by Gasteiger charge is -2.19. The molecule has 0 rings (SSSR count). The predicted octanol–water partition coefficient (Wildman–Crippen LogP) is 0.960. The molecule has 6 heteroatoms. The Morgan fingerprint density at radius 3 is 2.22 bits per heavy atom. The number of carbonyl (C=O) groups excluding carboxylic acids is 2. The van der Waals surface area contributed by atoms with Gasteiger partial charge in [-0.3, -0.25) is 9.59 Å². The van der Waals surface area contributed by atoms with Gasteiger partial charge < -0.3 is 9.80 Å². The number of nitrogens with zero attached hydrogens (tertiary/aromatic N) is 3. The van der Waals surface area contributed by atoms with E-state index in [0.29, 0.717) is 31.8 Å². The number of amides is 2. The molecule has 0 aliphatic rings. The van der Waals surface area contributed by atoms with Crippen LogP contribution in [0.4, 0.5) is 0 Å². The number of hydrogen-bond acceptors (Lipinski definition) is 4. The second-order valence-corrected chi connectivity index (χ2v) is 4.77. The highest BCUT2D eigenvalue weighted by molar-refractivity contribution is 8.00. The Hall–Kier alpha value is -1.22. The maximum absolute atomic E-state index is 11.7. The van der Waals surface area contributed by atoms with E-state index in [9.17, 15) is 9.59 Å². The van der Waals surface area contributed by atoms with E-state index in [2.05, 4.69) is 0 Å². The number of thioether (sulfide) groups is 1. The first kappa shape index (κ1) is 16.8. The average molecular weight is 271 g/mol. The zero-order chi connectivity index (χ0) is 14.0. The molecule has 0 aromatic carbocycles. The van der Waals surface area contributed by atoms with Crippen molar-refractivity contribution in [2.45, 2.75) is 20.3 Å². The van der Waals surface area contributed by atoms with Crippen LogP contribution in [0.2, 0.25) is 0 Å². The van der Waals surface area contributed by atoms with Gasteiger partial charge in [0.2, 0.25) is 11.8 Å². The van der Waals surface area contributed by atoms with E-state index in [0.717, 1.165) is 0 Å². The van der Waals surface area contributed by atoms with Crippen LogP contribution in [0.1, 0.15) is 20.3 Å². The Balaban J connectivity index is 3.87. The summed E-state index contributed by atoms with van der Waals surface area (Å²) in [4.78, 5) is 26.5. The summed E-state index contributed by atoms with van der Waals surface area (Å²) in [6.45, 7) is 5.72. The van der Waals surface area contributed by atoms with E-state index in [1.807, 2.05) is 19.9 Å². The van der Waals surface area contributed by atoms with Crippen LogP contribution < -0.4 is 0 Å². The molecule has 0 bridgehead atoms. The Kier molecular flexibility index (Phi) is 9.11. The van der Waals surface area contributed by atoms with Gasteiger partial charge in [-0.05, 0) is 13.8 Å². The van der Waals surface area contributed by atoms with Gasteiger partial charge in [-0.25, -0.2) is 0 Å². The van der Waals surface area contributed by atoms with E-state index in [4.69, 9.17) is 5.26 Å². The highest BCUT2D eigenvalue weighted by Crippen LogP contribution is 2.04. The molecule has 18 heavy (non-hydrogen) atoms. The van der Waals surface area contributed by atoms with Gasteiger partial charge in [0.05, 0.1) is 24.0 Å². The van der Waals surface area contributed by atoms with Crippen molar-refractivity contribution in [3.63, 3.8) is 0 Å². The normalized spacial score (nSPS) is 9.67. The summed E-state index contributed by atoms with van der Waals surface area (Å²) in [6, 6.07) is 2.00. The summed E-state index contributed by atoms with van der Waals surface area (Å²) < 4.78 is 0. The molecule has 0 unspecified atom stereocenters. The molecular formula is C12H21N3O2S. The molecule has 0 aliphatic carbocycles. The zero-order valence-electron chi connectivity index (χ0n) is 11.3. The summed E-state index contributed by atoms with van der Waals surface area (Å²) in [5.74, 6) is 0.647. The largest absolute Gasteiger partial charge is 0.344 e. The second-order valence-electron chi connectivity index (χ2n) is 3.78. The van der Waals surface area contributed by atoms with E-state index in [-0.39, 0.29) is 17.6 Å². The minimum absolute atomic E-state index is 0.0393. The van der Waals surface area contributed by atoms with Crippen molar-refractivity contribution in [2.24, 2.45) is 0 Å². The molecular weight excluding hydrogens is 250 g/mol. The lowest BCUT2D eigenvalue weighted by Crippen LogP contribution is -2.33. The van der Waals surface area contributed by atoms with Gasteiger partial charge in [0.15, 0.2) is 0 Å². The molecule has 0 fully saturated rings. The summed E-state index contributed by atoms with van der Waals surface area (Å²) >= 11 is 1.32. The van der Waals surface area contributed by atoms with Crippen molar-refractivity contribution in [1.29, 1.82) is 5.26 Å². The van der Waals surface area contributed by atoms with Crippen LogP contribution in [-0.4, -0.2) is 59.8 Å². The molecule has 5 nitrogen and oxygen atoms in total. The highest BCUT2D eigenvalue weighted by atomic mass is 32.2. The van der Waals surface area contributed by atoms with Crippen LogP contribution >= 0.6 is 11.8 Å². The minimum atomic E-state index is -0.0393. The third-order valence-electron chi connectivity index (χ3n) is 2.55. The van der Waals surface area contributed by atoms with E-state index < -0.39 is 0 Å². The Labute approximate surface area is 113 Å². The average Bonchev–Trinajstić information content (AvgIpc) is 2.37. The molecule has 0 aromatic heterocycles. The molecule has 102 valence electrons. The molecule has 0 aliphatic heterocycles. The summed E-state index contributed by atoms with van der Waals surface area (Å²) in [7, 11) is 1.67. The van der Waals surface area contributed by atoms with Gasteiger partial charge >= 0.3 is 0 Å². The van der Waals surface area contributed by atoms with Crippen LogP contribution in [0.3, 0.4) is 0 Å². The van der Waals surface area contributed by atoms with E-state index >= 15 is 0 Å². The van der Waals surface area contributed by atoms with Crippen molar-refractivity contribution in [2.75, 3.05) is 38.2 Å². The molecule has 0 saturated heterocycles. The van der Waals surface area contributed by atoms with Crippen molar-refractivity contribution >= 4 is 23.6 Å². The second kappa shape index (κ2) is 9.77. The lowest BCUT2D eigenvalue weighted by molar-refractivity contribution is -0.128. The van der Waals surface area contributed by atoms with Crippen LogP contribution in [0.5, 0.6) is 0 Å². The minimum Gasteiger partial charge on any atom is -0.344 e. The standard InChI is InChI=1S/C12H21N3O2S/c1-4-15(5-2)12(17)10-18-9-11(16)14(3)8-6-7-13/h4-6,8-10H2,1-3H3. The van der Waals surface area contributed by atoms with Crippen molar-refractivity contribution in [1.82, 2.24) is 9.80 Å². The Bertz CT molecular complexity index is 311.